The van der Waals surface area contributed by atoms with Crippen LogP contribution in [0.4, 0.5) is 0 Å². The molecule has 5 rings (SSSR count). The van der Waals surface area contributed by atoms with Gasteiger partial charge in [0.15, 0.2) is 0 Å². The van der Waals surface area contributed by atoms with Gasteiger partial charge in [-0.2, -0.15) is 0 Å². The van der Waals surface area contributed by atoms with E-state index in [1.807, 2.05) is 0 Å². The first kappa shape index (κ1) is 18.4. The van der Waals surface area contributed by atoms with Crippen molar-refractivity contribution in [3.8, 4) is 0 Å². The SMILES string of the molecule is Cc1ccccc1C(O)(c1ccccc1C)C1CN2CCC1CC2.[Cl-]. The van der Waals surface area contributed by atoms with Gasteiger partial charge in [-0.15, -0.1) is 0 Å². The number of hydrogen-bond donors (Lipinski definition) is 1. The fourth-order valence-corrected chi connectivity index (χ4v) is 4.98. The van der Waals surface area contributed by atoms with Gasteiger partial charge in [0.1, 0.15) is 5.60 Å². The van der Waals surface area contributed by atoms with Gasteiger partial charge < -0.3 is 22.4 Å². The summed E-state index contributed by atoms with van der Waals surface area (Å²) >= 11 is 0. The van der Waals surface area contributed by atoms with E-state index in [-0.39, 0.29) is 18.3 Å². The molecule has 1 N–H and O–H groups in total. The van der Waals surface area contributed by atoms with Crippen LogP contribution < -0.4 is 12.4 Å². The van der Waals surface area contributed by atoms with Crippen molar-refractivity contribution in [1.82, 2.24) is 4.90 Å². The van der Waals surface area contributed by atoms with E-state index >= 15 is 0 Å². The van der Waals surface area contributed by atoms with Crippen LogP contribution in [-0.2, 0) is 5.60 Å². The third-order valence-corrected chi connectivity index (χ3v) is 6.30. The highest BCUT2D eigenvalue weighted by molar-refractivity contribution is 5.45. The zero-order valence-corrected chi connectivity index (χ0v) is 15.8. The number of benzene rings is 2. The summed E-state index contributed by atoms with van der Waals surface area (Å²) in [5.41, 5.74) is 3.62. The van der Waals surface area contributed by atoms with E-state index in [2.05, 4.69) is 67.3 Å². The number of halogens is 1. The first-order chi connectivity index (χ1) is 11.6. The number of nitrogens with zero attached hydrogens (tertiary/aromatic N) is 1. The average Bonchev–Trinajstić information content (AvgIpc) is 2.63. The molecule has 0 spiro atoms. The highest BCUT2D eigenvalue weighted by Gasteiger charge is 2.49. The van der Waals surface area contributed by atoms with Gasteiger partial charge >= 0.3 is 0 Å². The van der Waals surface area contributed by atoms with Crippen LogP contribution in [0, 0.1) is 25.7 Å². The third kappa shape index (κ3) is 3.01. The van der Waals surface area contributed by atoms with Crippen molar-refractivity contribution >= 4 is 0 Å². The Bertz CT molecular complexity index is 691. The van der Waals surface area contributed by atoms with Crippen LogP contribution >= 0.6 is 0 Å². The second kappa shape index (κ2) is 7.11. The normalized spacial score (nSPS) is 25.5. The predicted octanol–water partition coefficient (Wildman–Crippen LogP) is 0.885. The molecular weight excluding hydrogens is 330 g/mol. The highest BCUT2D eigenvalue weighted by atomic mass is 35.5. The topological polar surface area (TPSA) is 23.5 Å². The summed E-state index contributed by atoms with van der Waals surface area (Å²) in [4.78, 5) is 2.53. The number of fused-ring (bicyclic) bond motifs is 3. The molecule has 2 nitrogen and oxygen atoms in total. The molecule has 2 aromatic carbocycles. The van der Waals surface area contributed by atoms with Crippen molar-refractivity contribution < 1.29 is 17.5 Å². The Kier molecular flexibility index (Phi) is 5.24. The molecule has 0 saturated carbocycles. The molecular formula is C22H27ClNO-. The summed E-state index contributed by atoms with van der Waals surface area (Å²) < 4.78 is 0. The lowest BCUT2D eigenvalue weighted by molar-refractivity contribution is -0.0770. The van der Waals surface area contributed by atoms with E-state index in [4.69, 9.17) is 0 Å². The molecule has 3 saturated heterocycles. The van der Waals surface area contributed by atoms with Crippen LogP contribution in [-0.4, -0.2) is 29.6 Å². The number of aryl methyl sites for hydroxylation is 2. The van der Waals surface area contributed by atoms with E-state index in [1.165, 1.54) is 37.1 Å². The Balaban J connectivity index is 0.00000182. The molecule has 1 unspecified atom stereocenters. The van der Waals surface area contributed by atoms with Crippen molar-refractivity contribution in [2.75, 3.05) is 19.6 Å². The van der Waals surface area contributed by atoms with Crippen LogP contribution in [0.2, 0.25) is 0 Å². The first-order valence-corrected chi connectivity index (χ1v) is 9.17. The summed E-state index contributed by atoms with van der Waals surface area (Å²) in [5, 5.41) is 12.2. The minimum Gasteiger partial charge on any atom is -1.00 e. The maximum Gasteiger partial charge on any atom is 0.119 e. The predicted molar refractivity (Wildman–Crippen MR) is 98.0 cm³/mol. The first-order valence-electron chi connectivity index (χ1n) is 9.17. The van der Waals surface area contributed by atoms with Crippen LogP contribution in [0.25, 0.3) is 0 Å². The molecule has 0 aliphatic carbocycles. The molecule has 3 heterocycles. The van der Waals surface area contributed by atoms with Crippen molar-refractivity contribution in [1.29, 1.82) is 0 Å². The van der Waals surface area contributed by atoms with Gasteiger partial charge in [0, 0.05) is 12.5 Å². The molecule has 3 aliphatic heterocycles. The maximum absolute atomic E-state index is 12.2. The van der Waals surface area contributed by atoms with Gasteiger partial charge in [-0.3, -0.25) is 0 Å². The Labute approximate surface area is 157 Å². The second-order valence-electron chi connectivity index (χ2n) is 7.64. The molecule has 25 heavy (non-hydrogen) atoms. The summed E-state index contributed by atoms with van der Waals surface area (Å²) in [7, 11) is 0. The minimum absolute atomic E-state index is 0. The Morgan fingerprint density at radius 3 is 1.76 bits per heavy atom. The minimum atomic E-state index is -0.902. The standard InChI is InChI=1S/C22H27NO.ClH/c1-16-7-3-5-9-19(16)22(24,20-10-6-4-8-17(20)2)21-15-23-13-11-18(21)12-14-23;/h3-10,18,21,24H,11-15H2,1-2H3;1H/p-1. The van der Waals surface area contributed by atoms with E-state index in [1.54, 1.807) is 0 Å². The van der Waals surface area contributed by atoms with Gasteiger partial charge in [0.25, 0.3) is 0 Å². The van der Waals surface area contributed by atoms with Crippen LogP contribution in [0.5, 0.6) is 0 Å². The quantitative estimate of drug-likeness (QED) is 0.882. The van der Waals surface area contributed by atoms with E-state index in [9.17, 15) is 5.11 Å². The molecule has 0 amide bonds. The largest absolute Gasteiger partial charge is 1.00 e. The van der Waals surface area contributed by atoms with E-state index in [0.29, 0.717) is 5.92 Å². The molecule has 0 aromatic heterocycles. The van der Waals surface area contributed by atoms with Gasteiger partial charge in [0.05, 0.1) is 0 Å². The fourth-order valence-electron chi connectivity index (χ4n) is 4.98. The van der Waals surface area contributed by atoms with Gasteiger partial charge in [-0.05, 0) is 68.0 Å². The molecule has 0 radical (unpaired) electrons. The van der Waals surface area contributed by atoms with Crippen LogP contribution in [0.15, 0.2) is 48.5 Å². The molecule has 2 aromatic rings. The lowest BCUT2D eigenvalue weighted by atomic mass is 9.64. The number of rotatable bonds is 3. The number of hydrogen-bond acceptors (Lipinski definition) is 2. The lowest BCUT2D eigenvalue weighted by Crippen LogP contribution is -3.00. The Morgan fingerprint density at radius 1 is 0.880 bits per heavy atom. The zero-order chi connectivity index (χ0) is 16.7. The van der Waals surface area contributed by atoms with E-state index < -0.39 is 5.60 Å². The summed E-state index contributed by atoms with van der Waals surface area (Å²) in [5.74, 6) is 0.876. The van der Waals surface area contributed by atoms with E-state index in [0.717, 1.165) is 17.7 Å². The Hall–Kier alpha value is -1.35. The van der Waals surface area contributed by atoms with Crippen LogP contribution in [0.1, 0.15) is 35.1 Å². The Morgan fingerprint density at radius 2 is 1.36 bits per heavy atom. The molecule has 1 atom stereocenters. The molecule has 134 valence electrons. The summed E-state index contributed by atoms with van der Waals surface area (Å²) in [6.07, 6.45) is 2.43. The fraction of sp³-hybridized carbons (Fsp3) is 0.455. The van der Waals surface area contributed by atoms with Crippen molar-refractivity contribution in [2.24, 2.45) is 11.8 Å². The van der Waals surface area contributed by atoms with Gasteiger partial charge in [-0.25, -0.2) is 0 Å². The number of piperidine rings is 3. The van der Waals surface area contributed by atoms with Crippen LogP contribution in [0.3, 0.4) is 0 Å². The average molecular weight is 357 g/mol. The maximum atomic E-state index is 12.2. The summed E-state index contributed by atoms with van der Waals surface area (Å²) in [6.45, 7) is 7.64. The van der Waals surface area contributed by atoms with Crippen molar-refractivity contribution in [2.45, 2.75) is 32.3 Å². The monoisotopic (exact) mass is 356 g/mol. The van der Waals surface area contributed by atoms with Gasteiger partial charge in [-0.1, -0.05) is 48.5 Å². The van der Waals surface area contributed by atoms with Crippen molar-refractivity contribution in [3.63, 3.8) is 0 Å². The molecule has 3 aliphatic rings. The second-order valence-corrected chi connectivity index (χ2v) is 7.64. The molecule has 2 bridgehead atoms. The lowest BCUT2D eigenvalue weighted by Gasteiger charge is -2.52. The smallest absolute Gasteiger partial charge is 0.119 e. The molecule has 3 heteroatoms. The van der Waals surface area contributed by atoms with Gasteiger partial charge in [0.2, 0.25) is 0 Å². The van der Waals surface area contributed by atoms with Crippen molar-refractivity contribution in [3.05, 3.63) is 70.8 Å². The molecule has 3 fully saturated rings. The number of aliphatic hydroxyl groups is 1. The zero-order valence-electron chi connectivity index (χ0n) is 15.1. The highest BCUT2D eigenvalue weighted by Crippen LogP contribution is 2.48. The summed E-state index contributed by atoms with van der Waals surface area (Å²) in [6, 6.07) is 16.7. The third-order valence-electron chi connectivity index (χ3n) is 6.30.